The number of hydrogen-bond acceptors (Lipinski definition) is 4. The standard InChI is InChI=1S/C15H16N2O2S/c1-10-7-8-11(2)14(9-10)20-13-6-4-5-12(16-3)15(13)17(18)19/h4-9,16H,1-3H3. The highest BCUT2D eigenvalue weighted by molar-refractivity contribution is 7.99. The highest BCUT2D eigenvalue weighted by atomic mass is 32.2. The van der Waals surface area contributed by atoms with E-state index in [0.717, 1.165) is 16.0 Å². The first kappa shape index (κ1) is 14.4. The Bertz CT molecular complexity index is 656. The van der Waals surface area contributed by atoms with E-state index in [1.807, 2.05) is 32.0 Å². The number of rotatable bonds is 4. The zero-order valence-corrected chi connectivity index (χ0v) is 12.5. The Kier molecular flexibility index (Phi) is 4.29. The summed E-state index contributed by atoms with van der Waals surface area (Å²) in [7, 11) is 1.69. The predicted octanol–water partition coefficient (Wildman–Crippen LogP) is 4.40. The minimum Gasteiger partial charge on any atom is -0.383 e. The van der Waals surface area contributed by atoms with Crippen molar-refractivity contribution in [3.05, 3.63) is 57.6 Å². The Labute approximate surface area is 122 Å². The highest BCUT2D eigenvalue weighted by Gasteiger charge is 2.20. The molecule has 0 aliphatic rings. The van der Waals surface area contributed by atoms with Crippen LogP contribution >= 0.6 is 11.8 Å². The number of para-hydroxylation sites is 1. The molecule has 1 N–H and O–H groups in total. The first-order chi connectivity index (χ1) is 9.52. The summed E-state index contributed by atoms with van der Waals surface area (Å²) in [5.41, 5.74) is 2.92. The summed E-state index contributed by atoms with van der Waals surface area (Å²) >= 11 is 1.43. The number of nitro groups is 1. The van der Waals surface area contributed by atoms with Crippen LogP contribution in [0.4, 0.5) is 11.4 Å². The van der Waals surface area contributed by atoms with E-state index in [0.29, 0.717) is 10.6 Å². The number of aryl methyl sites for hydroxylation is 2. The lowest BCUT2D eigenvalue weighted by Gasteiger charge is -2.09. The molecule has 0 saturated carbocycles. The van der Waals surface area contributed by atoms with Crippen LogP contribution in [-0.2, 0) is 0 Å². The monoisotopic (exact) mass is 288 g/mol. The van der Waals surface area contributed by atoms with Gasteiger partial charge in [0.2, 0.25) is 0 Å². The van der Waals surface area contributed by atoms with Crippen LogP contribution in [0.1, 0.15) is 11.1 Å². The summed E-state index contributed by atoms with van der Waals surface area (Å²) in [5, 5.41) is 14.2. The van der Waals surface area contributed by atoms with Gasteiger partial charge in [-0.05, 0) is 43.2 Å². The van der Waals surface area contributed by atoms with E-state index >= 15 is 0 Å². The van der Waals surface area contributed by atoms with Crippen LogP contribution in [0.15, 0.2) is 46.2 Å². The van der Waals surface area contributed by atoms with Crippen LogP contribution in [0.25, 0.3) is 0 Å². The molecule has 0 unspecified atom stereocenters. The van der Waals surface area contributed by atoms with Gasteiger partial charge < -0.3 is 5.32 Å². The quantitative estimate of drug-likeness (QED) is 0.669. The van der Waals surface area contributed by atoms with Crippen LogP contribution in [-0.4, -0.2) is 12.0 Å². The third-order valence-corrected chi connectivity index (χ3v) is 4.22. The molecule has 0 heterocycles. The molecule has 0 aromatic heterocycles. The first-order valence-corrected chi connectivity index (χ1v) is 7.05. The lowest BCUT2D eigenvalue weighted by molar-refractivity contribution is -0.386. The van der Waals surface area contributed by atoms with Crippen LogP contribution in [0.5, 0.6) is 0 Å². The fourth-order valence-corrected chi connectivity index (χ4v) is 3.07. The van der Waals surface area contributed by atoms with Crippen molar-refractivity contribution in [3.63, 3.8) is 0 Å². The molecular formula is C15H16N2O2S. The molecule has 0 radical (unpaired) electrons. The van der Waals surface area contributed by atoms with Crippen molar-refractivity contribution in [1.29, 1.82) is 0 Å². The summed E-state index contributed by atoms with van der Waals surface area (Å²) in [6.45, 7) is 4.03. The molecule has 2 aromatic rings. The van der Waals surface area contributed by atoms with Crippen LogP contribution in [0.3, 0.4) is 0 Å². The molecule has 5 heteroatoms. The van der Waals surface area contributed by atoms with Crippen molar-refractivity contribution in [1.82, 2.24) is 0 Å². The van der Waals surface area contributed by atoms with Gasteiger partial charge in [-0.3, -0.25) is 10.1 Å². The van der Waals surface area contributed by atoms with Gasteiger partial charge in [-0.25, -0.2) is 0 Å². The Morgan fingerprint density at radius 2 is 1.90 bits per heavy atom. The van der Waals surface area contributed by atoms with Gasteiger partial charge in [0.15, 0.2) is 0 Å². The highest BCUT2D eigenvalue weighted by Crippen LogP contribution is 2.40. The number of nitrogens with zero attached hydrogens (tertiary/aromatic N) is 1. The van der Waals surface area contributed by atoms with Gasteiger partial charge in [0.1, 0.15) is 5.69 Å². The molecule has 0 spiro atoms. The fourth-order valence-electron chi connectivity index (χ4n) is 1.93. The summed E-state index contributed by atoms with van der Waals surface area (Å²) in [6, 6.07) is 11.4. The lowest BCUT2D eigenvalue weighted by atomic mass is 10.2. The van der Waals surface area contributed by atoms with E-state index in [2.05, 4.69) is 11.4 Å². The Hall–Kier alpha value is -2.01. The van der Waals surface area contributed by atoms with E-state index in [-0.39, 0.29) is 10.6 Å². The molecule has 2 aromatic carbocycles. The van der Waals surface area contributed by atoms with E-state index in [4.69, 9.17) is 0 Å². The van der Waals surface area contributed by atoms with Crippen LogP contribution < -0.4 is 5.32 Å². The molecule has 0 aliphatic carbocycles. The topological polar surface area (TPSA) is 55.2 Å². The van der Waals surface area contributed by atoms with E-state index in [1.54, 1.807) is 19.2 Å². The average molecular weight is 288 g/mol. The van der Waals surface area contributed by atoms with E-state index in [1.165, 1.54) is 11.8 Å². The van der Waals surface area contributed by atoms with Gasteiger partial charge >= 0.3 is 5.69 Å². The van der Waals surface area contributed by atoms with Gasteiger partial charge in [-0.1, -0.05) is 30.0 Å². The van der Waals surface area contributed by atoms with Gasteiger partial charge in [0.05, 0.1) is 9.82 Å². The molecule has 4 nitrogen and oxygen atoms in total. The summed E-state index contributed by atoms with van der Waals surface area (Å²) in [4.78, 5) is 12.7. The minimum atomic E-state index is -0.334. The van der Waals surface area contributed by atoms with Crippen molar-refractivity contribution in [2.24, 2.45) is 0 Å². The zero-order valence-electron chi connectivity index (χ0n) is 11.6. The van der Waals surface area contributed by atoms with Crippen molar-refractivity contribution in [3.8, 4) is 0 Å². The maximum Gasteiger partial charge on any atom is 0.306 e. The molecule has 0 fully saturated rings. The second-order valence-corrected chi connectivity index (χ2v) is 5.61. The SMILES string of the molecule is CNc1cccc(Sc2cc(C)ccc2C)c1[N+](=O)[O-]. The smallest absolute Gasteiger partial charge is 0.306 e. The molecule has 0 aliphatic heterocycles. The Morgan fingerprint density at radius 1 is 1.15 bits per heavy atom. The van der Waals surface area contributed by atoms with Crippen LogP contribution in [0.2, 0.25) is 0 Å². The normalized spacial score (nSPS) is 10.3. The van der Waals surface area contributed by atoms with E-state index in [9.17, 15) is 10.1 Å². The van der Waals surface area contributed by atoms with Gasteiger partial charge in [-0.15, -0.1) is 0 Å². The molecule has 104 valence electrons. The maximum atomic E-state index is 11.3. The van der Waals surface area contributed by atoms with Gasteiger partial charge in [0.25, 0.3) is 0 Å². The van der Waals surface area contributed by atoms with Crippen LogP contribution in [0, 0.1) is 24.0 Å². The lowest BCUT2D eigenvalue weighted by Crippen LogP contribution is -1.98. The number of hydrogen-bond donors (Lipinski definition) is 1. The van der Waals surface area contributed by atoms with Crippen molar-refractivity contribution < 1.29 is 4.92 Å². The van der Waals surface area contributed by atoms with E-state index < -0.39 is 0 Å². The molecule has 2 rings (SSSR count). The Balaban J connectivity index is 2.48. The summed E-state index contributed by atoms with van der Waals surface area (Å²) < 4.78 is 0. The maximum absolute atomic E-state index is 11.3. The molecule has 0 bridgehead atoms. The fraction of sp³-hybridized carbons (Fsp3) is 0.200. The number of nitrogens with one attached hydrogen (secondary N) is 1. The molecule has 0 saturated heterocycles. The van der Waals surface area contributed by atoms with Crippen molar-refractivity contribution >= 4 is 23.1 Å². The first-order valence-electron chi connectivity index (χ1n) is 6.23. The zero-order chi connectivity index (χ0) is 14.7. The number of nitro benzene ring substituents is 1. The largest absolute Gasteiger partial charge is 0.383 e. The minimum absolute atomic E-state index is 0.126. The summed E-state index contributed by atoms with van der Waals surface area (Å²) in [5.74, 6) is 0. The molecule has 20 heavy (non-hydrogen) atoms. The molecular weight excluding hydrogens is 272 g/mol. The van der Waals surface area contributed by atoms with Crippen molar-refractivity contribution in [2.45, 2.75) is 23.6 Å². The predicted molar refractivity (Wildman–Crippen MR) is 82.7 cm³/mol. The average Bonchev–Trinajstić information content (AvgIpc) is 2.42. The summed E-state index contributed by atoms with van der Waals surface area (Å²) in [6.07, 6.45) is 0. The third kappa shape index (κ3) is 2.93. The second kappa shape index (κ2) is 5.96. The number of anilines is 1. The number of benzene rings is 2. The second-order valence-electron chi connectivity index (χ2n) is 4.53. The van der Waals surface area contributed by atoms with Gasteiger partial charge in [0, 0.05) is 11.9 Å². The molecule has 0 amide bonds. The van der Waals surface area contributed by atoms with Crippen molar-refractivity contribution in [2.75, 3.05) is 12.4 Å². The third-order valence-electron chi connectivity index (χ3n) is 3.01. The Morgan fingerprint density at radius 3 is 2.55 bits per heavy atom. The van der Waals surface area contributed by atoms with Gasteiger partial charge in [-0.2, -0.15) is 0 Å². The molecule has 0 atom stereocenters.